The van der Waals surface area contributed by atoms with Crippen LogP contribution in [-0.2, 0) is 4.79 Å². The van der Waals surface area contributed by atoms with Gasteiger partial charge in [-0.15, -0.1) is 0 Å². The summed E-state index contributed by atoms with van der Waals surface area (Å²) in [6, 6.07) is 0. The molecule has 0 aromatic rings. The van der Waals surface area contributed by atoms with Crippen molar-refractivity contribution in [2.24, 2.45) is 16.9 Å². The van der Waals surface area contributed by atoms with Crippen LogP contribution in [0.15, 0.2) is 11.6 Å². The second kappa shape index (κ2) is 5.02. The molecular weight excluding hydrogens is 164 g/mol. The first-order valence-corrected chi connectivity index (χ1v) is 4.58. The van der Waals surface area contributed by atoms with Gasteiger partial charge in [-0.2, -0.15) is 0 Å². The summed E-state index contributed by atoms with van der Waals surface area (Å²) in [7, 11) is 0. The third kappa shape index (κ3) is 6.34. The molecule has 1 amide bonds. The second-order valence-electron chi connectivity index (χ2n) is 4.29. The molecule has 0 rings (SSSR count). The van der Waals surface area contributed by atoms with Crippen LogP contribution in [0.25, 0.3) is 0 Å². The molecular formula is C10H20N2O. The second-order valence-corrected chi connectivity index (χ2v) is 4.29. The van der Waals surface area contributed by atoms with Crippen LogP contribution in [0, 0.1) is 5.41 Å². The van der Waals surface area contributed by atoms with Gasteiger partial charge in [-0.05, 0) is 24.8 Å². The maximum Gasteiger partial charge on any atom is 0.244 e. The van der Waals surface area contributed by atoms with E-state index in [1.807, 2.05) is 26.8 Å². The van der Waals surface area contributed by atoms with Gasteiger partial charge in [0.2, 0.25) is 5.91 Å². The Morgan fingerprint density at radius 2 is 1.92 bits per heavy atom. The lowest BCUT2D eigenvalue weighted by atomic mass is 9.92. The van der Waals surface area contributed by atoms with E-state index >= 15 is 0 Å². The topological polar surface area (TPSA) is 69.1 Å². The fraction of sp³-hybridized carbons (Fsp3) is 0.700. The summed E-state index contributed by atoms with van der Waals surface area (Å²) in [5.74, 6) is -0.330. The normalized spacial score (nSPS) is 13.1. The molecule has 0 unspecified atom stereocenters. The minimum absolute atomic E-state index is 0.00103. The summed E-state index contributed by atoms with van der Waals surface area (Å²) < 4.78 is 0. The standard InChI is InChI=1S/C10H20N2O/c1-10(2,3)7-8(9(12)13)5-4-6-11/h7H,4-6,11H2,1-3H3,(H2,12,13). The molecule has 0 aliphatic heterocycles. The third-order valence-corrected chi connectivity index (χ3v) is 1.57. The van der Waals surface area contributed by atoms with Crippen LogP contribution < -0.4 is 11.5 Å². The molecule has 0 radical (unpaired) electrons. The monoisotopic (exact) mass is 184 g/mol. The number of hydrogen-bond acceptors (Lipinski definition) is 2. The van der Waals surface area contributed by atoms with E-state index in [9.17, 15) is 4.79 Å². The highest BCUT2D eigenvalue weighted by Crippen LogP contribution is 2.19. The van der Waals surface area contributed by atoms with Crippen LogP contribution in [0.1, 0.15) is 33.6 Å². The van der Waals surface area contributed by atoms with Gasteiger partial charge < -0.3 is 11.5 Å². The molecule has 0 aliphatic rings. The molecule has 0 bridgehead atoms. The maximum atomic E-state index is 11.0. The minimum Gasteiger partial charge on any atom is -0.366 e. The summed E-state index contributed by atoms with van der Waals surface area (Å²) in [5, 5.41) is 0. The van der Waals surface area contributed by atoms with Gasteiger partial charge >= 0.3 is 0 Å². The van der Waals surface area contributed by atoms with E-state index in [4.69, 9.17) is 11.5 Å². The molecule has 0 aliphatic carbocycles. The number of carbonyl (C=O) groups is 1. The fourth-order valence-corrected chi connectivity index (χ4v) is 1.08. The number of rotatable bonds is 4. The van der Waals surface area contributed by atoms with Crippen molar-refractivity contribution in [2.75, 3.05) is 6.54 Å². The molecule has 4 N–H and O–H groups in total. The average molecular weight is 184 g/mol. The van der Waals surface area contributed by atoms with Crippen molar-refractivity contribution in [3.05, 3.63) is 11.6 Å². The van der Waals surface area contributed by atoms with Crippen LogP contribution in [-0.4, -0.2) is 12.5 Å². The zero-order valence-electron chi connectivity index (χ0n) is 8.76. The Hall–Kier alpha value is -0.830. The van der Waals surface area contributed by atoms with Crippen LogP contribution >= 0.6 is 0 Å². The molecule has 13 heavy (non-hydrogen) atoms. The summed E-state index contributed by atoms with van der Waals surface area (Å²) in [4.78, 5) is 11.0. The summed E-state index contributed by atoms with van der Waals surface area (Å²) in [6.45, 7) is 6.71. The lowest BCUT2D eigenvalue weighted by molar-refractivity contribution is -0.114. The van der Waals surface area contributed by atoms with Gasteiger partial charge in [-0.1, -0.05) is 26.8 Å². The van der Waals surface area contributed by atoms with Crippen molar-refractivity contribution in [1.82, 2.24) is 0 Å². The van der Waals surface area contributed by atoms with Gasteiger partial charge in [0.15, 0.2) is 0 Å². The van der Waals surface area contributed by atoms with Crippen LogP contribution in [0.5, 0.6) is 0 Å². The number of primary amides is 1. The summed E-state index contributed by atoms with van der Waals surface area (Å²) in [6.07, 6.45) is 3.42. The van der Waals surface area contributed by atoms with E-state index in [1.165, 1.54) is 0 Å². The van der Waals surface area contributed by atoms with Crippen molar-refractivity contribution >= 4 is 5.91 Å². The Morgan fingerprint density at radius 3 is 2.23 bits per heavy atom. The van der Waals surface area contributed by atoms with Crippen LogP contribution in [0.3, 0.4) is 0 Å². The van der Waals surface area contributed by atoms with E-state index in [-0.39, 0.29) is 11.3 Å². The smallest absolute Gasteiger partial charge is 0.244 e. The highest BCUT2D eigenvalue weighted by Gasteiger charge is 2.11. The Morgan fingerprint density at radius 1 is 1.38 bits per heavy atom. The van der Waals surface area contributed by atoms with Gasteiger partial charge in [0.1, 0.15) is 0 Å². The summed E-state index contributed by atoms with van der Waals surface area (Å²) in [5.41, 5.74) is 11.3. The zero-order chi connectivity index (χ0) is 10.5. The van der Waals surface area contributed by atoms with E-state index in [0.717, 1.165) is 6.42 Å². The first-order valence-electron chi connectivity index (χ1n) is 4.58. The first-order chi connectivity index (χ1) is 5.87. The molecule has 3 heteroatoms. The van der Waals surface area contributed by atoms with Crippen molar-refractivity contribution in [2.45, 2.75) is 33.6 Å². The lowest BCUT2D eigenvalue weighted by Gasteiger charge is -2.14. The predicted octanol–water partition coefficient (Wildman–Crippen LogP) is 1.18. The zero-order valence-corrected chi connectivity index (χ0v) is 8.76. The van der Waals surface area contributed by atoms with Crippen LogP contribution in [0.2, 0.25) is 0 Å². The molecule has 0 aromatic heterocycles. The van der Waals surface area contributed by atoms with E-state index in [1.54, 1.807) is 0 Å². The molecule has 0 saturated heterocycles. The summed E-state index contributed by atoms with van der Waals surface area (Å²) >= 11 is 0. The molecule has 0 saturated carbocycles. The molecule has 3 nitrogen and oxygen atoms in total. The maximum absolute atomic E-state index is 11.0. The first kappa shape index (κ1) is 12.2. The highest BCUT2D eigenvalue weighted by molar-refractivity contribution is 5.91. The van der Waals surface area contributed by atoms with E-state index < -0.39 is 0 Å². The van der Waals surface area contributed by atoms with Crippen molar-refractivity contribution in [3.8, 4) is 0 Å². The van der Waals surface area contributed by atoms with Crippen molar-refractivity contribution in [1.29, 1.82) is 0 Å². The number of amides is 1. The van der Waals surface area contributed by atoms with Gasteiger partial charge in [0, 0.05) is 5.57 Å². The minimum atomic E-state index is -0.330. The average Bonchev–Trinajstić information content (AvgIpc) is 1.95. The van der Waals surface area contributed by atoms with Gasteiger partial charge in [0.25, 0.3) is 0 Å². The number of carbonyl (C=O) groups excluding carboxylic acids is 1. The Labute approximate surface area is 80.2 Å². The van der Waals surface area contributed by atoms with Gasteiger partial charge in [-0.3, -0.25) is 4.79 Å². The molecule has 0 fully saturated rings. The molecule has 0 atom stereocenters. The van der Waals surface area contributed by atoms with Crippen molar-refractivity contribution < 1.29 is 4.79 Å². The Bertz CT molecular complexity index is 201. The van der Waals surface area contributed by atoms with Gasteiger partial charge in [0.05, 0.1) is 0 Å². The van der Waals surface area contributed by atoms with Crippen LogP contribution in [0.4, 0.5) is 0 Å². The quantitative estimate of drug-likeness (QED) is 0.644. The number of allylic oxidation sites excluding steroid dienone is 1. The predicted molar refractivity (Wildman–Crippen MR) is 55.0 cm³/mol. The Balaban J connectivity index is 4.42. The van der Waals surface area contributed by atoms with Gasteiger partial charge in [-0.25, -0.2) is 0 Å². The largest absolute Gasteiger partial charge is 0.366 e. The van der Waals surface area contributed by atoms with E-state index in [2.05, 4.69) is 0 Å². The SMILES string of the molecule is CC(C)(C)C=C(CCCN)C(N)=O. The molecule has 0 heterocycles. The third-order valence-electron chi connectivity index (χ3n) is 1.57. The highest BCUT2D eigenvalue weighted by atomic mass is 16.1. The Kier molecular flexibility index (Phi) is 4.70. The van der Waals surface area contributed by atoms with E-state index in [0.29, 0.717) is 18.5 Å². The molecule has 0 aromatic carbocycles. The number of hydrogen-bond donors (Lipinski definition) is 2. The molecule has 76 valence electrons. The van der Waals surface area contributed by atoms with Crippen molar-refractivity contribution in [3.63, 3.8) is 0 Å². The molecule has 0 spiro atoms. The fourth-order valence-electron chi connectivity index (χ4n) is 1.08. The number of nitrogens with two attached hydrogens (primary N) is 2. The lowest BCUT2D eigenvalue weighted by Crippen LogP contribution is -2.17.